The summed E-state index contributed by atoms with van der Waals surface area (Å²) in [5.74, 6) is -0.674. The monoisotopic (exact) mass is 398 g/mol. The molecule has 0 aliphatic carbocycles. The third-order valence-corrected chi connectivity index (χ3v) is 5.40. The van der Waals surface area contributed by atoms with E-state index in [2.05, 4.69) is 0 Å². The van der Waals surface area contributed by atoms with Gasteiger partial charge in [-0.3, -0.25) is 4.79 Å². The van der Waals surface area contributed by atoms with Gasteiger partial charge in [0, 0.05) is 6.42 Å². The molecular weight excluding hydrogens is 352 g/mol. The third-order valence-electron chi connectivity index (χ3n) is 5.40. The molecule has 2 unspecified atom stereocenters. The quantitative estimate of drug-likeness (QED) is 0.155. The lowest BCUT2D eigenvalue weighted by Crippen LogP contribution is -2.12. The molecule has 0 fully saturated rings. The van der Waals surface area contributed by atoms with E-state index < -0.39 is 5.97 Å². The molecule has 4 heteroatoms. The predicted octanol–water partition coefficient (Wildman–Crippen LogP) is 6.39. The molecule has 0 aliphatic rings. The Labute approximate surface area is 173 Å². The van der Waals surface area contributed by atoms with E-state index in [1.54, 1.807) is 0 Å². The lowest BCUT2D eigenvalue weighted by molar-refractivity contribution is -0.137. The molecule has 0 aromatic heterocycles. The molecule has 4 nitrogen and oxygen atoms in total. The molecule has 0 saturated carbocycles. The van der Waals surface area contributed by atoms with E-state index in [-0.39, 0.29) is 12.2 Å². The zero-order valence-electron chi connectivity index (χ0n) is 18.3. The van der Waals surface area contributed by atoms with Crippen LogP contribution in [0.4, 0.5) is 0 Å². The maximum atomic E-state index is 10.4. The highest BCUT2D eigenvalue weighted by Gasteiger charge is 2.08. The van der Waals surface area contributed by atoms with E-state index in [0.29, 0.717) is 25.7 Å². The fourth-order valence-electron chi connectivity index (χ4n) is 3.54. The lowest BCUT2D eigenvalue weighted by atomic mass is 10.0. The maximum Gasteiger partial charge on any atom is 0.303 e. The van der Waals surface area contributed by atoms with Crippen LogP contribution >= 0.6 is 0 Å². The van der Waals surface area contributed by atoms with E-state index in [0.717, 1.165) is 25.7 Å². The molecule has 0 aromatic carbocycles. The first-order valence-electron chi connectivity index (χ1n) is 11.7. The number of carboxylic acid groups (broad SMARTS) is 1. The molecule has 0 heterocycles. The number of aliphatic hydroxyl groups is 2. The van der Waals surface area contributed by atoms with Crippen LogP contribution in [-0.4, -0.2) is 33.5 Å². The molecule has 0 aliphatic heterocycles. The minimum absolute atomic E-state index is 0.260. The van der Waals surface area contributed by atoms with Gasteiger partial charge in [0.15, 0.2) is 0 Å². The molecule has 0 spiro atoms. The van der Waals surface area contributed by atoms with Crippen molar-refractivity contribution in [3.63, 3.8) is 0 Å². The highest BCUT2D eigenvalue weighted by Crippen LogP contribution is 2.15. The second kappa shape index (κ2) is 20.9. The second-order valence-corrected chi connectivity index (χ2v) is 8.22. The van der Waals surface area contributed by atoms with E-state index in [1.165, 1.54) is 64.2 Å². The zero-order chi connectivity index (χ0) is 20.9. The fraction of sp³-hybridized carbons (Fsp3) is 0.875. The van der Waals surface area contributed by atoms with Gasteiger partial charge in [-0.2, -0.15) is 0 Å². The molecule has 0 radical (unpaired) electrons. The average Bonchev–Trinajstić information content (AvgIpc) is 2.67. The highest BCUT2D eigenvalue weighted by molar-refractivity contribution is 5.66. The Bertz CT molecular complexity index is 368. The van der Waals surface area contributed by atoms with Crippen molar-refractivity contribution in [3.05, 3.63) is 12.2 Å². The van der Waals surface area contributed by atoms with Crippen molar-refractivity contribution in [1.82, 2.24) is 0 Å². The first kappa shape index (κ1) is 27.1. The highest BCUT2D eigenvalue weighted by atomic mass is 16.4. The van der Waals surface area contributed by atoms with Gasteiger partial charge in [0.2, 0.25) is 0 Å². The molecule has 3 N–H and O–H groups in total. The number of hydrogen-bond donors (Lipinski definition) is 3. The van der Waals surface area contributed by atoms with Crippen LogP contribution in [0, 0.1) is 0 Å². The van der Waals surface area contributed by atoms with Crippen molar-refractivity contribution in [2.24, 2.45) is 0 Å². The van der Waals surface area contributed by atoms with Crippen LogP contribution < -0.4 is 0 Å². The summed E-state index contributed by atoms with van der Waals surface area (Å²) < 4.78 is 0. The second-order valence-electron chi connectivity index (χ2n) is 8.22. The summed E-state index contributed by atoms with van der Waals surface area (Å²) in [5, 5.41) is 28.3. The van der Waals surface area contributed by atoms with Crippen molar-refractivity contribution in [2.75, 3.05) is 0 Å². The predicted molar refractivity (Wildman–Crippen MR) is 118 cm³/mol. The van der Waals surface area contributed by atoms with Crippen LogP contribution in [0.1, 0.15) is 122 Å². The summed E-state index contributed by atoms with van der Waals surface area (Å²) in [6.45, 7) is 1.96. The number of carboxylic acids is 1. The van der Waals surface area contributed by atoms with Crippen molar-refractivity contribution >= 4 is 5.97 Å². The van der Waals surface area contributed by atoms with E-state index in [4.69, 9.17) is 5.11 Å². The first-order valence-corrected chi connectivity index (χ1v) is 11.7. The Kier molecular flexibility index (Phi) is 20.2. The number of aliphatic carboxylic acids is 1. The van der Waals surface area contributed by atoms with Gasteiger partial charge in [-0.25, -0.2) is 0 Å². The number of allylic oxidation sites excluding steroid dienone is 1. The van der Waals surface area contributed by atoms with Gasteiger partial charge in [-0.05, 0) is 39.0 Å². The standard InChI is InChI=1S/C24H46O4/c1-2-3-17-22(25)20-21-23(26)18-15-13-11-9-7-5-4-6-8-10-12-14-16-19-24(27)28/h2-3,22-23,25-26H,4-21H2,1H3,(H,27,28). The van der Waals surface area contributed by atoms with E-state index >= 15 is 0 Å². The molecule has 0 amide bonds. The third kappa shape index (κ3) is 21.4. The van der Waals surface area contributed by atoms with Crippen molar-refractivity contribution < 1.29 is 20.1 Å². The van der Waals surface area contributed by atoms with Crippen LogP contribution in [0.2, 0.25) is 0 Å². The van der Waals surface area contributed by atoms with E-state index in [1.807, 2.05) is 19.1 Å². The summed E-state index contributed by atoms with van der Waals surface area (Å²) in [6, 6.07) is 0. The van der Waals surface area contributed by atoms with Crippen LogP contribution in [0.5, 0.6) is 0 Å². The number of hydrogen-bond acceptors (Lipinski definition) is 3. The van der Waals surface area contributed by atoms with Crippen molar-refractivity contribution in [2.45, 2.75) is 135 Å². The maximum absolute atomic E-state index is 10.4. The zero-order valence-corrected chi connectivity index (χ0v) is 18.3. The van der Waals surface area contributed by atoms with Crippen LogP contribution in [0.15, 0.2) is 12.2 Å². The van der Waals surface area contributed by atoms with Crippen molar-refractivity contribution in [1.29, 1.82) is 0 Å². The number of unbranched alkanes of at least 4 members (excludes halogenated alkanes) is 12. The lowest BCUT2D eigenvalue weighted by Gasteiger charge is -2.13. The summed E-state index contributed by atoms with van der Waals surface area (Å²) in [7, 11) is 0. The van der Waals surface area contributed by atoms with E-state index in [9.17, 15) is 15.0 Å². The van der Waals surface area contributed by atoms with Gasteiger partial charge in [0.1, 0.15) is 0 Å². The van der Waals surface area contributed by atoms with Gasteiger partial charge in [-0.1, -0.05) is 89.2 Å². The molecular formula is C24H46O4. The number of aliphatic hydroxyl groups excluding tert-OH is 2. The SMILES string of the molecule is CC=CCC(O)CCC(O)CCCCCCCCCCCCCCCC(=O)O. The van der Waals surface area contributed by atoms with Gasteiger partial charge in [0.05, 0.1) is 12.2 Å². The molecule has 0 aromatic rings. The van der Waals surface area contributed by atoms with Gasteiger partial charge in [0.25, 0.3) is 0 Å². The Morgan fingerprint density at radius 3 is 1.57 bits per heavy atom. The first-order chi connectivity index (χ1) is 13.6. The topological polar surface area (TPSA) is 77.8 Å². The summed E-state index contributed by atoms with van der Waals surface area (Å²) >= 11 is 0. The van der Waals surface area contributed by atoms with Gasteiger partial charge >= 0.3 is 5.97 Å². The average molecular weight is 399 g/mol. The smallest absolute Gasteiger partial charge is 0.303 e. The number of carbonyl (C=O) groups is 1. The molecule has 166 valence electrons. The normalized spacial score (nSPS) is 13.8. The van der Waals surface area contributed by atoms with Crippen LogP contribution in [0.25, 0.3) is 0 Å². The summed E-state index contributed by atoms with van der Waals surface area (Å²) in [4.78, 5) is 10.4. The Hall–Kier alpha value is -0.870. The van der Waals surface area contributed by atoms with Gasteiger partial charge < -0.3 is 15.3 Å². The Balaban J connectivity index is 3.21. The molecule has 0 rings (SSSR count). The Morgan fingerprint density at radius 2 is 1.11 bits per heavy atom. The fourth-order valence-corrected chi connectivity index (χ4v) is 3.54. The van der Waals surface area contributed by atoms with Crippen molar-refractivity contribution in [3.8, 4) is 0 Å². The molecule has 2 atom stereocenters. The van der Waals surface area contributed by atoms with Crippen LogP contribution in [0.3, 0.4) is 0 Å². The minimum atomic E-state index is -0.674. The Morgan fingerprint density at radius 1 is 0.679 bits per heavy atom. The summed E-state index contributed by atoms with van der Waals surface area (Å²) in [6.07, 6.45) is 22.3. The summed E-state index contributed by atoms with van der Waals surface area (Å²) in [5.41, 5.74) is 0. The molecule has 28 heavy (non-hydrogen) atoms. The van der Waals surface area contributed by atoms with Crippen LogP contribution in [-0.2, 0) is 4.79 Å². The molecule has 0 saturated heterocycles. The molecule has 0 bridgehead atoms. The largest absolute Gasteiger partial charge is 0.481 e. The minimum Gasteiger partial charge on any atom is -0.481 e. The number of rotatable bonds is 21. The van der Waals surface area contributed by atoms with Gasteiger partial charge in [-0.15, -0.1) is 0 Å².